The number of carbonyl (C=O) groups is 1. The Hall–Kier alpha value is -1.75. The first-order valence-corrected chi connectivity index (χ1v) is 10.1. The van der Waals surface area contributed by atoms with Crippen LogP contribution in [0.3, 0.4) is 0 Å². The van der Waals surface area contributed by atoms with Crippen LogP contribution >= 0.6 is 11.8 Å². The molecule has 0 atom stereocenters. The van der Waals surface area contributed by atoms with Crippen LogP contribution in [0.2, 0.25) is 0 Å². The summed E-state index contributed by atoms with van der Waals surface area (Å²) in [6.45, 7) is 7.51. The number of rotatable bonds is 8. The van der Waals surface area contributed by atoms with Crippen LogP contribution in [0.15, 0.2) is 34.1 Å². The summed E-state index contributed by atoms with van der Waals surface area (Å²) in [5.74, 6) is 0.0401. The average molecular weight is 358 g/mol. The normalized spacial score (nSPS) is 13.9. The van der Waals surface area contributed by atoms with E-state index in [1.807, 2.05) is 24.3 Å². The lowest BCUT2D eigenvalue weighted by molar-refractivity contribution is 0.0951. The van der Waals surface area contributed by atoms with Gasteiger partial charge in [-0.25, -0.2) is 0 Å². The van der Waals surface area contributed by atoms with Crippen LogP contribution in [-0.4, -0.2) is 21.7 Å². The lowest BCUT2D eigenvalue weighted by atomic mass is 10.2. The first-order chi connectivity index (χ1) is 12.2. The molecule has 1 aliphatic rings. The number of carbonyl (C=O) groups excluding carboxylic acids is 1. The van der Waals surface area contributed by atoms with Gasteiger partial charge in [0.2, 0.25) is 0 Å². The first kappa shape index (κ1) is 18.1. The van der Waals surface area contributed by atoms with E-state index in [2.05, 4.69) is 30.8 Å². The molecule has 1 amide bonds. The predicted molar refractivity (Wildman–Crippen MR) is 102 cm³/mol. The molecule has 1 fully saturated rings. The SMILES string of the molecule is CCCn1nc(CC)c(Sc2ccc(C(=O)NC3CC3)cc2)c1CC. The van der Waals surface area contributed by atoms with E-state index >= 15 is 0 Å². The van der Waals surface area contributed by atoms with Crippen LogP contribution < -0.4 is 5.32 Å². The fourth-order valence-corrected chi connectivity index (χ4v) is 4.09. The fourth-order valence-electron chi connectivity index (χ4n) is 2.91. The minimum Gasteiger partial charge on any atom is -0.349 e. The minimum atomic E-state index is 0.0401. The summed E-state index contributed by atoms with van der Waals surface area (Å²) in [5.41, 5.74) is 3.23. The highest BCUT2D eigenvalue weighted by atomic mass is 32.2. The van der Waals surface area contributed by atoms with E-state index in [0.717, 1.165) is 49.1 Å². The summed E-state index contributed by atoms with van der Waals surface area (Å²) in [5, 5.41) is 7.84. The van der Waals surface area contributed by atoms with Crippen LogP contribution in [0.1, 0.15) is 61.8 Å². The van der Waals surface area contributed by atoms with E-state index in [4.69, 9.17) is 5.10 Å². The summed E-state index contributed by atoms with van der Waals surface area (Å²) in [6, 6.07) is 8.33. The van der Waals surface area contributed by atoms with Gasteiger partial charge in [-0.3, -0.25) is 9.48 Å². The summed E-state index contributed by atoms with van der Waals surface area (Å²) in [6.07, 6.45) is 5.24. The smallest absolute Gasteiger partial charge is 0.251 e. The molecule has 1 heterocycles. The molecule has 1 saturated carbocycles. The predicted octanol–water partition coefficient (Wildman–Crippen LogP) is 4.46. The van der Waals surface area contributed by atoms with Crippen LogP contribution in [0.25, 0.3) is 0 Å². The molecule has 4 nitrogen and oxygen atoms in total. The van der Waals surface area contributed by atoms with Gasteiger partial charge in [0.25, 0.3) is 5.91 Å². The Morgan fingerprint density at radius 1 is 1.20 bits per heavy atom. The van der Waals surface area contributed by atoms with Gasteiger partial charge in [0.1, 0.15) is 0 Å². The molecule has 5 heteroatoms. The monoisotopic (exact) mass is 357 g/mol. The van der Waals surface area contributed by atoms with Crippen LogP contribution in [0, 0.1) is 0 Å². The molecule has 0 bridgehead atoms. The van der Waals surface area contributed by atoms with Gasteiger partial charge in [-0.05, 0) is 56.4 Å². The molecular weight excluding hydrogens is 330 g/mol. The van der Waals surface area contributed by atoms with Gasteiger partial charge in [-0.15, -0.1) is 0 Å². The Labute approximate surface area is 154 Å². The first-order valence-electron chi connectivity index (χ1n) is 9.33. The standard InChI is InChI=1S/C20H27N3OS/c1-4-13-23-18(6-3)19(17(5-2)22-23)25-16-11-7-14(8-12-16)20(24)21-15-9-10-15/h7-8,11-12,15H,4-6,9-10,13H2,1-3H3,(H,21,24). The lowest BCUT2D eigenvalue weighted by Crippen LogP contribution is -2.25. The molecule has 2 aromatic rings. The van der Waals surface area contributed by atoms with Crippen molar-refractivity contribution >= 4 is 17.7 Å². The zero-order chi connectivity index (χ0) is 17.8. The molecule has 134 valence electrons. The molecule has 0 radical (unpaired) electrons. The van der Waals surface area contributed by atoms with Gasteiger partial charge < -0.3 is 5.32 Å². The second kappa shape index (κ2) is 8.09. The van der Waals surface area contributed by atoms with Gasteiger partial charge >= 0.3 is 0 Å². The van der Waals surface area contributed by atoms with Gasteiger partial charge in [0.15, 0.2) is 0 Å². The number of hydrogen-bond donors (Lipinski definition) is 1. The molecule has 1 N–H and O–H groups in total. The highest BCUT2D eigenvalue weighted by Gasteiger charge is 2.23. The Morgan fingerprint density at radius 2 is 1.92 bits per heavy atom. The van der Waals surface area contributed by atoms with Crippen LogP contribution in [0.4, 0.5) is 0 Å². The van der Waals surface area contributed by atoms with Crippen molar-refractivity contribution in [1.29, 1.82) is 0 Å². The summed E-state index contributed by atoms with van der Waals surface area (Å²) < 4.78 is 2.17. The molecule has 1 aromatic carbocycles. The summed E-state index contributed by atoms with van der Waals surface area (Å²) >= 11 is 1.77. The Bertz CT molecular complexity index is 732. The van der Waals surface area contributed by atoms with Crippen molar-refractivity contribution in [2.45, 2.75) is 75.3 Å². The maximum Gasteiger partial charge on any atom is 0.251 e. The fraction of sp³-hybridized carbons (Fsp3) is 0.500. The quantitative estimate of drug-likeness (QED) is 0.759. The topological polar surface area (TPSA) is 46.9 Å². The van der Waals surface area contributed by atoms with Crippen LogP contribution in [0.5, 0.6) is 0 Å². The second-order valence-corrected chi connectivity index (χ2v) is 7.61. The zero-order valence-electron chi connectivity index (χ0n) is 15.3. The van der Waals surface area contributed by atoms with Crippen molar-refractivity contribution in [3.63, 3.8) is 0 Å². The van der Waals surface area contributed by atoms with E-state index in [-0.39, 0.29) is 5.91 Å². The van der Waals surface area contributed by atoms with E-state index in [1.165, 1.54) is 16.3 Å². The van der Waals surface area contributed by atoms with E-state index < -0.39 is 0 Å². The Morgan fingerprint density at radius 3 is 2.48 bits per heavy atom. The molecule has 1 aliphatic carbocycles. The Kier molecular flexibility index (Phi) is 5.84. The van der Waals surface area contributed by atoms with Crippen molar-refractivity contribution in [3.8, 4) is 0 Å². The van der Waals surface area contributed by atoms with Crippen molar-refractivity contribution in [2.24, 2.45) is 0 Å². The number of aromatic nitrogens is 2. The lowest BCUT2D eigenvalue weighted by Gasteiger charge is -2.08. The van der Waals surface area contributed by atoms with Crippen molar-refractivity contribution in [2.75, 3.05) is 0 Å². The van der Waals surface area contributed by atoms with Gasteiger partial charge in [0.05, 0.1) is 16.3 Å². The molecule has 0 unspecified atom stereocenters. The molecule has 0 spiro atoms. The maximum atomic E-state index is 12.1. The Balaban J connectivity index is 1.78. The third-order valence-electron chi connectivity index (χ3n) is 4.43. The van der Waals surface area contributed by atoms with Crippen molar-refractivity contribution in [3.05, 3.63) is 41.2 Å². The van der Waals surface area contributed by atoms with E-state index in [1.54, 1.807) is 11.8 Å². The second-order valence-electron chi connectivity index (χ2n) is 6.53. The average Bonchev–Trinajstić information content (AvgIpc) is 3.37. The van der Waals surface area contributed by atoms with E-state index in [0.29, 0.717) is 6.04 Å². The van der Waals surface area contributed by atoms with Gasteiger partial charge in [0, 0.05) is 23.0 Å². The molecule has 1 aromatic heterocycles. The number of hydrogen-bond acceptors (Lipinski definition) is 3. The van der Waals surface area contributed by atoms with E-state index in [9.17, 15) is 4.79 Å². The number of amides is 1. The zero-order valence-corrected chi connectivity index (χ0v) is 16.2. The minimum absolute atomic E-state index is 0.0401. The summed E-state index contributed by atoms with van der Waals surface area (Å²) in [7, 11) is 0. The number of benzene rings is 1. The molecular formula is C20H27N3OS. The molecule has 3 rings (SSSR count). The van der Waals surface area contributed by atoms with Gasteiger partial charge in [-0.1, -0.05) is 32.5 Å². The van der Waals surface area contributed by atoms with Crippen molar-refractivity contribution in [1.82, 2.24) is 15.1 Å². The molecule has 0 aliphatic heterocycles. The number of aryl methyl sites for hydroxylation is 2. The van der Waals surface area contributed by atoms with Crippen LogP contribution in [-0.2, 0) is 19.4 Å². The largest absolute Gasteiger partial charge is 0.349 e. The molecule has 25 heavy (non-hydrogen) atoms. The third-order valence-corrected chi connectivity index (χ3v) is 5.61. The highest BCUT2D eigenvalue weighted by Crippen LogP contribution is 2.34. The summed E-state index contributed by atoms with van der Waals surface area (Å²) in [4.78, 5) is 14.6. The van der Waals surface area contributed by atoms with Gasteiger partial charge in [-0.2, -0.15) is 5.10 Å². The molecule has 0 saturated heterocycles. The maximum absolute atomic E-state index is 12.1. The van der Waals surface area contributed by atoms with Crippen molar-refractivity contribution < 1.29 is 4.79 Å². The highest BCUT2D eigenvalue weighted by molar-refractivity contribution is 7.99. The number of nitrogens with one attached hydrogen (secondary N) is 1. The third kappa shape index (κ3) is 4.27. The number of nitrogens with zero attached hydrogens (tertiary/aromatic N) is 2.